The molecular weight excluding hydrogens is 365 g/mol. The lowest BCUT2D eigenvalue weighted by Gasteiger charge is -2.35. The van der Waals surface area contributed by atoms with Gasteiger partial charge < -0.3 is 15.6 Å². The molecule has 0 spiro atoms. The zero-order chi connectivity index (χ0) is 19.0. The summed E-state index contributed by atoms with van der Waals surface area (Å²) in [6, 6.07) is 11.0. The van der Waals surface area contributed by atoms with E-state index in [4.69, 9.17) is 5.14 Å². The molecular formula is C19H24FN5OS. The van der Waals surface area contributed by atoms with E-state index < -0.39 is 15.5 Å². The number of hydrogen-bond acceptors (Lipinski definition) is 5. The molecule has 2 aromatic rings. The maximum atomic E-state index is 14.6. The van der Waals surface area contributed by atoms with Crippen molar-refractivity contribution >= 4 is 32.6 Å². The van der Waals surface area contributed by atoms with Gasteiger partial charge in [0.2, 0.25) is 0 Å². The summed E-state index contributed by atoms with van der Waals surface area (Å²) in [5.41, 5.74) is 10.1. The van der Waals surface area contributed by atoms with Gasteiger partial charge in [0.15, 0.2) is 0 Å². The number of anilines is 3. The number of hydrogen-bond donors (Lipinski definition) is 4. The predicted octanol–water partition coefficient (Wildman–Crippen LogP) is 2.29. The highest BCUT2D eigenvalue weighted by Gasteiger charge is 2.23. The summed E-state index contributed by atoms with van der Waals surface area (Å²) < 4.78 is 26.4. The van der Waals surface area contributed by atoms with Crippen LogP contribution in [-0.4, -0.2) is 29.2 Å². The highest BCUT2D eigenvalue weighted by Crippen LogP contribution is 2.28. The van der Waals surface area contributed by atoms with E-state index in [2.05, 4.69) is 40.2 Å². The van der Waals surface area contributed by atoms with Gasteiger partial charge in [0.05, 0.1) is 21.1 Å². The van der Waals surface area contributed by atoms with Crippen LogP contribution in [-0.2, 0) is 16.3 Å². The van der Waals surface area contributed by atoms with Gasteiger partial charge in [0.1, 0.15) is 5.82 Å². The Balaban J connectivity index is 1.48. The smallest absolute Gasteiger partial charge is 0.147 e. The van der Waals surface area contributed by atoms with Gasteiger partial charge in [-0.25, -0.2) is 14.0 Å². The van der Waals surface area contributed by atoms with Gasteiger partial charge in [-0.15, -0.1) is 0 Å². The summed E-state index contributed by atoms with van der Waals surface area (Å²) in [4.78, 5) is 2.26. The van der Waals surface area contributed by atoms with Crippen LogP contribution in [0.2, 0.25) is 0 Å². The SMILES string of the molecule is C=S(N)(=O)c1ccc(N2CCCC(Nc3ccc4c(c3)CNN4)C2)c(F)c1. The first-order valence-corrected chi connectivity index (χ1v) is 10.8. The molecule has 1 saturated heterocycles. The molecule has 2 aliphatic rings. The number of halogens is 1. The first kappa shape index (κ1) is 18.1. The van der Waals surface area contributed by atoms with Crippen molar-refractivity contribution in [3.8, 4) is 0 Å². The molecule has 6 nitrogen and oxygen atoms in total. The third-order valence-electron chi connectivity index (χ3n) is 5.06. The van der Waals surface area contributed by atoms with Crippen molar-refractivity contribution < 1.29 is 8.60 Å². The molecule has 0 radical (unpaired) electrons. The van der Waals surface area contributed by atoms with Crippen molar-refractivity contribution in [2.45, 2.75) is 30.3 Å². The number of piperidine rings is 1. The van der Waals surface area contributed by atoms with E-state index in [1.54, 1.807) is 12.1 Å². The average molecular weight is 390 g/mol. The van der Waals surface area contributed by atoms with Crippen LogP contribution in [0.5, 0.6) is 0 Å². The Bertz CT molecular complexity index is 963. The van der Waals surface area contributed by atoms with E-state index in [0.717, 1.165) is 37.3 Å². The van der Waals surface area contributed by atoms with Crippen LogP contribution in [0.25, 0.3) is 0 Å². The molecule has 0 aromatic heterocycles. The van der Waals surface area contributed by atoms with Crippen molar-refractivity contribution in [3.63, 3.8) is 0 Å². The maximum absolute atomic E-state index is 14.6. The Morgan fingerprint density at radius 3 is 2.93 bits per heavy atom. The predicted molar refractivity (Wildman–Crippen MR) is 110 cm³/mol. The number of nitrogens with zero attached hydrogens (tertiary/aromatic N) is 1. The fourth-order valence-electron chi connectivity index (χ4n) is 3.69. The van der Waals surface area contributed by atoms with E-state index in [1.807, 2.05) is 4.90 Å². The van der Waals surface area contributed by atoms with Crippen molar-refractivity contribution in [1.29, 1.82) is 0 Å². The lowest BCUT2D eigenvalue weighted by atomic mass is 10.0. The number of rotatable bonds is 4. The van der Waals surface area contributed by atoms with Gasteiger partial charge in [0, 0.05) is 36.3 Å². The van der Waals surface area contributed by atoms with Crippen molar-refractivity contribution in [1.82, 2.24) is 5.43 Å². The van der Waals surface area contributed by atoms with E-state index in [9.17, 15) is 8.60 Å². The van der Waals surface area contributed by atoms with Gasteiger partial charge in [0.25, 0.3) is 0 Å². The molecule has 4 rings (SSSR count). The number of fused-ring (bicyclic) bond motifs is 1. The summed E-state index contributed by atoms with van der Waals surface area (Å²) in [5.74, 6) is 3.00. The molecule has 0 bridgehead atoms. The molecule has 5 N–H and O–H groups in total. The van der Waals surface area contributed by atoms with Crippen LogP contribution in [0, 0.1) is 5.82 Å². The molecule has 1 fully saturated rings. The largest absolute Gasteiger partial charge is 0.381 e. The van der Waals surface area contributed by atoms with Gasteiger partial charge in [-0.05, 0) is 60.7 Å². The fourth-order valence-corrected chi connectivity index (χ4v) is 4.30. The number of benzene rings is 2. The molecule has 8 heteroatoms. The highest BCUT2D eigenvalue weighted by atomic mass is 32.2. The zero-order valence-corrected chi connectivity index (χ0v) is 15.8. The minimum atomic E-state index is -2.91. The molecule has 2 heterocycles. The first-order valence-electron chi connectivity index (χ1n) is 8.98. The molecule has 2 aliphatic heterocycles. The molecule has 27 heavy (non-hydrogen) atoms. The quantitative estimate of drug-likeness (QED) is 0.603. The van der Waals surface area contributed by atoms with Gasteiger partial charge in [-0.2, -0.15) is 0 Å². The van der Waals surface area contributed by atoms with Crippen LogP contribution < -0.4 is 26.2 Å². The van der Waals surface area contributed by atoms with Crippen LogP contribution in [0.4, 0.5) is 21.5 Å². The minimum Gasteiger partial charge on any atom is -0.381 e. The normalized spacial score (nSPS) is 21.3. The van der Waals surface area contributed by atoms with E-state index in [-0.39, 0.29) is 10.9 Å². The van der Waals surface area contributed by atoms with Crippen molar-refractivity contribution in [2.24, 2.45) is 5.14 Å². The van der Waals surface area contributed by atoms with Crippen LogP contribution >= 0.6 is 0 Å². The van der Waals surface area contributed by atoms with Crippen LogP contribution in [0.15, 0.2) is 41.3 Å². The standard InChI is InChI=1S/C19H24FN5OS/c1-27(21,26)16-5-7-19(17(20)10-16)25-8-2-3-15(12-25)23-14-4-6-18-13(9-14)11-22-24-18/h4-7,9-10,15,22-24H,1-3,8,11-12H2,(H2,21,26). The van der Waals surface area contributed by atoms with Crippen molar-refractivity contribution in [3.05, 3.63) is 47.8 Å². The summed E-state index contributed by atoms with van der Waals surface area (Å²) in [5, 5.41) is 9.09. The maximum Gasteiger partial charge on any atom is 0.147 e. The molecule has 2 atom stereocenters. The number of hydrazine groups is 1. The number of nitrogens with two attached hydrogens (primary N) is 1. The average Bonchev–Trinajstić information content (AvgIpc) is 3.09. The molecule has 0 aliphatic carbocycles. The minimum absolute atomic E-state index is 0.227. The third-order valence-corrected chi connectivity index (χ3v) is 6.11. The second-order valence-electron chi connectivity index (χ2n) is 7.12. The van der Waals surface area contributed by atoms with Crippen LogP contribution in [0.1, 0.15) is 18.4 Å². The van der Waals surface area contributed by atoms with E-state index in [0.29, 0.717) is 12.2 Å². The number of nitrogens with one attached hydrogen (secondary N) is 3. The van der Waals surface area contributed by atoms with Gasteiger partial charge in [-0.3, -0.25) is 5.14 Å². The molecule has 0 saturated carbocycles. The summed E-state index contributed by atoms with van der Waals surface area (Å²) in [7, 11) is -2.91. The summed E-state index contributed by atoms with van der Waals surface area (Å²) >= 11 is 0. The lowest BCUT2D eigenvalue weighted by Crippen LogP contribution is -2.42. The zero-order valence-electron chi connectivity index (χ0n) is 15.0. The molecule has 144 valence electrons. The molecule has 2 aromatic carbocycles. The van der Waals surface area contributed by atoms with Crippen molar-refractivity contribution in [2.75, 3.05) is 28.7 Å². The Morgan fingerprint density at radius 2 is 2.15 bits per heavy atom. The Morgan fingerprint density at radius 1 is 1.30 bits per heavy atom. The fraction of sp³-hybridized carbons (Fsp3) is 0.316. The Kier molecular flexibility index (Phi) is 4.71. The Hall–Kier alpha value is -2.29. The van der Waals surface area contributed by atoms with E-state index >= 15 is 0 Å². The van der Waals surface area contributed by atoms with E-state index in [1.165, 1.54) is 11.6 Å². The first-order chi connectivity index (χ1) is 12.9. The van der Waals surface area contributed by atoms with Crippen LogP contribution in [0.3, 0.4) is 0 Å². The second-order valence-corrected chi connectivity index (χ2v) is 9.04. The summed E-state index contributed by atoms with van der Waals surface area (Å²) in [6.45, 7) is 2.29. The lowest BCUT2D eigenvalue weighted by molar-refractivity contribution is 0.518. The third kappa shape index (κ3) is 3.87. The Labute approximate surface area is 159 Å². The second kappa shape index (κ2) is 7.03. The highest BCUT2D eigenvalue weighted by molar-refractivity contribution is 7.98. The molecule has 0 amide bonds. The topological polar surface area (TPSA) is 82.4 Å². The molecule has 2 unspecified atom stereocenters. The summed E-state index contributed by atoms with van der Waals surface area (Å²) in [6.07, 6.45) is 2.00. The monoisotopic (exact) mass is 389 g/mol. The van der Waals surface area contributed by atoms with Gasteiger partial charge in [-0.1, -0.05) is 0 Å². The van der Waals surface area contributed by atoms with Gasteiger partial charge >= 0.3 is 0 Å².